The van der Waals surface area contributed by atoms with E-state index in [0.29, 0.717) is 31.5 Å². The summed E-state index contributed by atoms with van der Waals surface area (Å²) in [5.74, 6) is 0.932. The van der Waals surface area contributed by atoms with Gasteiger partial charge >= 0.3 is 0 Å². The molecule has 0 saturated carbocycles. The summed E-state index contributed by atoms with van der Waals surface area (Å²) in [5, 5.41) is 3.94. The van der Waals surface area contributed by atoms with E-state index in [9.17, 15) is 0 Å². The molecule has 3 rings (SSSR count). The lowest BCUT2D eigenvalue weighted by atomic mass is 10.1. The average Bonchev–Trinajstić information content (AvgIpc) is 3.12. The molecular formula is C15H19N3O3. The van der Waals surface area contributed by atoms with Crippen LogP contribution in [0.4, 0.5) is 0 Å². The van der Waals surface area contributed by atoms with Crippen LogP contribution >= 0.6 is 0 Å². The fourth-order valence-corrected chi connectivity index (χ4v) is 2.18. The van der Waals surface area contributed by atoms with Crippen molar-refractivity contribution < 1.29 is 14.0 Å². The van der Waals surface area contributed by atoms with Crippen LogP contribution < -0.4 is 5.73 Å². The first-order valence-electron chi connectivity index (χ1n) is 7.04. The molecule has 2 N–H and O–H groups in total. The van der Waals surface area contributed by atoms with Crippen LogP contribution in [0.15, 0.2) is 22.7 Å². The molecule has 0 amide bonds. The number of benzene rings is 1. The first-order chi connectivity index (χ1) is 10.1. The van der Waals surface area contributed by atoms with Crippen LogP contribution in [-0.2, 0) is 22.7 Å². The molecule has 0 fully saturated rings. The first kappa shape index (κ1) is 14.2. The van der Waals surface area contributed by atoms with E-state index in [2.05, 4.69) is 10.1 Å². The van der Waals surface area contributed by atoms with Crippen LogP contribution in [0.5, 0.6) is 0 Å². The van der Waals surface area contributed by atoms with Crippen LogP contribution in [0, 0.1) is 0 Å². The largest absolute Gasteiger partial charge is 0.377 e. The van der Waals surface area contributed by atoms with Gasteiger partial charge in [-0.3, -0.25) is 0 Å². The van der Waals surface area contributed by atoms with Gasteiger partial charge in [-0.15, -0.1) is 0 Å². The summed E-state index contributed by atoms with van der Waals surface area (Å²) in [4.78, 5) is 4.36. The van der Waals surface area contributed by atoms with Gasteiger partial charge in [0.25, 0.3) is 5.89 Å². The lowest BCUT2D eigenvalue weighted by Crippen LogP contribution is -2.20. The summed E-state index contributed by atoms with van der Waals surface area (Å²) in [6.07, 6.45) is 0.124. The molecule has 1 aliphatic heterocycles. The zero-order valence-corrected chi connectivity index (χ0v) is 12.2. The minimum atomic E-state index is -0.386. The summed E-state index contributed by atoms with van der Waals surface area (Å²) in [5.41, 5.74) is 9.25. The molecule has 0 radical (unpaired) electrons. The van der Waals surface area contributed by atoms with Crippen LogP contribution in [0.3, 0.4) is 0 Å². The third-order valence-corrected chi connectivity index (χ3v) is 3.35. The Balaban J connectivity index is 1.75. The first-order valence-corrected chi connectivity index (χ1v) is 7.04. The highest BCUT2D eigenvalue weighted by Crippen LogP contribution is 2.26. The van der Waals surface area contributed by atoms with Gasteiger partial charge in [-0.2, -0.15) is 4.98 Å². The minimum absolute atomic E-state index is 0.124. The summed E-state index contributed by atoms with van der Waals surface area (Å²) in [6, 6.07) is 5.63. The molecular weight excluding hydrogens is 270 g/mol. The van der Waals surface area contributed by atoms with Gasteiger partial charge in [0.2, 0.25) is 0 Å². The van der Waals surface area contributed by atoms with E-state index < -0.39 is 0 Å². The molecule has 0 saturated heterocycles. The van der Waals surface area contributed by atoms with Crippen LogP contribution in [0.1, 0.15) is 36.8 Å². The predicted molar refractivity (Wildman–Crippen MR) is 76.2 cm³/mol. The third kappa shape index (κ3) is 3.12. The number of hydrogen-bond acceptors (Lipinski definition) is 6. The van der Waals surface area contributed by atoms with Crippen LogP contribution in [-0.4, -0.2) is 22.9 Å². The second-order valence-electron chi connectivity index (χ2n) is 5.42. The topological polar surface area (TPSA) is 83.4 Å². The lowest BCUT2D eigenvalue weighted by molar-refractivity contribution is 0.0665. The minimum Gasteiger partial charge on any atom is -0.377 e. The molecule has 1 aliphatic rings. The Hall–Kier alpha value is -1.76. The number of rotatable bonds is 5. The van der Waals surface area contributed by atoms with E-state index in [1.807, 2.05) is 32.0 Å². The van der Waals surface area contributed by atoms with Gasteiger partial charge in [0.15, 0.2) is 5.82 Å². The summed E-state index contributed by atoms with van der Waals surface area (Å²) >= 11 is 0. The molecule has 2 heterocycles. The van der Waals surface area contributed by atoms with E-state index in [0.717, 1.165) is 5.56 Å². The Morgan fingerprint density at radius 3 is 2.90 bits per heavy atom. The fourth-order valence-electron chi connectivity index (χ4n) is 2.18. The Bertz CT molecular complexity index is 624. The molecule has 6 heteroatoms. The van der Waals surface area contributed by atoms with Crippen molar-refractivity contribution in [2.24, 2.45) is 5.73 Å². The standard InChI is InChI=1S/C15H19N3O3/c1-9(2)20-8-13(16)14-17-15(21-18-14)10-3-4-11-6-19-7-12(11)5-10/h3-5,9,13H,6-8,16H2,1-2H3. The van der Waals surface area contributed by atoms with Gasteiger partial charge in [0.1, 0.15) is 0 Å². The molecule has 6 nitrogen and oxygen atoms in total. The molecule has 0 spiro atoms. The molecule has 0 bridgehead atoms. The summed E-state index contributed by atoms with van der Waals surface area (Å²) in [7, 11) is 0. The number of ether oxygens (including phenoxy) is 2. The Labute approximate surface area is 123 Å². The maximum atomic E-state index is 5.99. The number of nitrogens with zero attached hydrogens (tertiary/aromatic N) is 2. The van der Waals surface area contributed by atoms with E-state index in [4.69, 9.17) is 19.7 Å². The van der Waals surface area contributed by atoms with Crippen molar-refractivity contribution >= 4 is 0 Å². The zero-order chi connectivity index (χ0) is 14.8. The van der Waals surface area contributed by atoms with E-state index in [1.54, 1.807) is 0 Å². The van der Waals surface area contributed by atoms with Gasteiger partial charge in [-0.1, -0.05) is 11.2 Å². The number of aromatic nitrogens is 2. The van der Waals surface area contributed by atoms with Crippen molar-refractivity contribution in [3.8, 4) is 11.5 Å². The fraction of sp³-hybridized carbons (Fsp3) is 0.467. The van der Waals surface area contributed by atoms with Gasteiger partial charge in [0, 0.05) is 5.56 Å². The average molecular weight is 289 g/mol. The Kier molecular flexibility index (Phi) is 4.01. The number of hydrogen-bond donors (Lipinski definition) is 1. The smallest absolute Gasteiger partial charge is 0.257 e. The van der Waals surface area contributed by atoms with Crippen molar-refractivity contribution in [2.75, 3.05) is 6.61 Å². The van der Waals surface area contributed by atoms with Gasteiger partial charge in [0.05, 0.1) is 32.0 Å². The number of fused-ring (bicyclic) bond motifs is 1. The highest BCUT2D eigenvalue weighted by molar-refractivity contribution is 5.56. The van der Waals surface area contributed by atoms with Crippen molar-refractivity contribution in [3.05, 3.63) is 35.2 Å². The van der Waals surface area contributed by atoms with Crippen molar-refractivity contribution in [3.63, 3.8) is 0 Å². The second kappa shape index (κ2) is 5.93. The molecule has 1 atom stereocenters. The van der Waals surface area contributed by atoms with Crippen molar-refractivity contribution in [2.45, 2.75) is 39.2 Å². The summed E-state index contributed by atoms with van der Waals surface area (Å²) < 4.78 is 16.2. The van der Waals surface area contributed by atoms with Crippen molar-refractivity contribution in [1.82, 2.24) is 10.1 Å². The maximum Gasteiger partial charge on any atom is 0.257 e. The molecule has 2 aromatic rings. The Morgan fingerprint density at radius 1 is 1.29 bits per heavy atom. The Morgan fingerprint density at radius 2 is 2.10 bits per heavy atom. The summed E-state index contributed by atoms with van der Waals surface area (Å²) in [6.45, 7) is 5.59. The molecule has 1 unspecified atom stereocenters. The van der Waals surface area contributed by atoms with Gasteiger partial charge < -0.3 is 19.7 Å². The van der Waals surface area contributed by atoms with Gasteiger partial charge in [-0.05, 0) is 37.1 Å². The highest BCUT2D eigenvalue weighted by atomic mass is 16.5. The molecule has 0 aliphatic carbocycles. The van der Waals surface area contributed by atoms with E-state index >= 15 is 0 Å². The monoisotopic (exact) mass is 289 g/mol. The van der Waals surface area contributed by atoms with Crippen molar-refractivity contribution in [1.29, 1.82) is 0 Å². The quantitative estimate of drug-likeness (QED) is 0.908. The van der Waals surface area contributed by atoms with Gasteiger partial charge in [-0.25, -0.2) is 0 Å². The highest BCUT2D eigenvalue weighted by Gasteiger charge is 2.18. The predicted octanol–water partition coefficient (Wildman–Crippen LogP) is 2.19. The molecule has 21 heavy (non-hydrogen) atoms. The zero-order valence-electron chi connectivity index (χ0n) is 12.2. The SMILES string of the molecule is CC(C)OCC(N)c1noc(-c2ccc3c(c2)COC3)n1. The third-order valence-electron chi connectivity index (χ3n) is 3.35. The van der Waals surface area contributed by atoms with Crippen LogP contribution in [0.25, 0.3) is 11.5 Å². The normalized spacial score (nSPS) is 15.4. The van der Waals surface area contributed by atoms with Crippen LogP contribution in [0.2, 0.25) is 0 Å². The van der Waals surface area contributed by atoms with E-state index in [1.165, 1.54) is 11.1 Å². The van der Waals surface area contributed by atoms with E-state index in [-0.39, 0.29) is 12.1 Å². The maximum absolute atomic E-state index is 5.99. The molecule has 1 aromatic carbocycles. The second-order valence-corrected chi connectivity index (χ2v) is 5.42. The number of nitrogens with two attached hydrogens (primary N) is 1. The lowest BCUT2D eigenvalue weighted by Gasteiger charge is -2.10. The molecule has 1 aromatic heterocycles. The molecule has 112 valence electrons.